The molecular weight excluding hydrogens is 253 g/mol. The van der Waals surface area contributed by atoms with E-state index in [0.717, 1.165) is 6.42 Å². The van der Waals surface area contributed by atoms with Crippen molar-refractivity contribution in [3.63, 3.8) is 0 Å². The number of nitrogens with one attached hydrogen (secondary N) is 1. The number of ether oxygens (including phenoxy) is 1. The van der Waals surface area contributed by atoms with Crippen LogP contribution in [0.3, 0.4) is 0 Å². The van der Waals surface area contributed by atoms with Crippen molar-refractivity contribution in [1.82, 2.24) is 5.32 Å². The van der Waals surface area contributed by atoms with Gasteiger partial charge < -0.3 is 4.74 Å². The number of carbonyl (C=O) groups excluding carboxylic acids is 2. The minimum atomic E-state index is -0.535. The van der Waals surface area contributed by atoms with Gasteiger partial charge in [0.25, 0.3) is 0 Å². The van der Waals surface area contributed by atoms with Crippen LogP contribution in [-0.4, -0.2) is 29.9 Å². The van der Waals surface area contributed by atoms with E-state index in [1.165, 1.54) is 0 Å². The summed E-state index contributed by atoms with van der Waals surface area (Å²) in [5.41, 5.74) is 0. The van der Waals surface area contributed by atoms with Crippen LogP contribution in [0.15, 0.2) is 0 Å². The van der Waals surface area contributed by atoms with Gasteiger partial charge in [-0.15, -0.1) is 12.4 Å². The fourth-order valence-electron chi connectivity index (χ4n) is 1.17. The van der Waals surface area contributed by atoms with Gasteiger partial charge in [-0.05, 0) is 31.9 Å². The molecule has 4 nitrogen and oxygen atoms in total. The van der Waals surface area contributed by atoms with Crippen LogP contribution in [0.5, 0.6) is 0 Å². The van der Waals surface area contributed by atoms with Crippen molar-refractivity contribution in [3.8, 4) is 0 Å². The van der Waals surface area contributed by atoms with Crippen molar-refractivity contribution in [2.75, 3.05) is 6.61 Å². The van der Waals surface area contributed by atoms with Crippen molar-refractivity contribution in [2.24, 2.45) is 0 Å². The highest BCUT2D eigenvalue weighted by molar-refractivity contribution is 6.64. The maximum absolute atomic E-state index is 11.5. The fraction of sp³-hybridized carbons (Fsp3) is 0.800. The van der Waals surface area contributed by atoms with Crippen LogP contribution in [0, 0.1) is 0 Å². The van der Waals surface area contributed by atoms with Crippen molar-refractivity contribution < 1.29 is 14.3 Å². The molecule has 0 rings (SSSR count). The van der Waals surface area contributed by atoms with Gasteiger partial charge in [0.2, 0.25) is 5.24 Å². The fourth-order valence-corrected chi connectivity index (χ4v) is 1.23. The van der Waals surface area contributed by atoms with E-state index in [0.29, 0.717) is 13.0 Å². The van der Waals surface area contributed by atoms with E-state index in [1.54, 1.807) is 13.8 Å². The smallest absolute Gasteiger partial charge is 0.323 e. The third kappa shape index (κ3) is 7.04. The largest absolute Gasteiger partial charge is 0.465 e. The van der Waals surface area contributed by atoms with E-state index in [1.807, 2.05) is 6.92 Å². The van der Waals surface area contributed by atoms with Gasteiger partial charge in [-0.3, -0.25) is 14.9 Å². The third-order valence-corrected chi connectivity index (χ3v) is 2.27. The Morgan fingerprint density at radius 3 is 2.31 bits per heavy atom. The van der Waals surface area contributed by atoms with Gasteiger partial charge in [-0.2, -0.15) is 0 Å². The second-order valence-electron chi connectivity index (χ2n) is 3.29. The lowest BCUT2D eigenvalue weighted by atomic mass is 10.1. The molecule has 0 aromatic carbocycles. The van der Waals surface area contributed by atoms with E-state index in [2.05, 4.69) is 5.32 Å². The number of esters is 1. The first kappa shape index (κ1) is 18.1. The van der Waals surface area contributed by atoms with E-state index in [4.69, 9.17) is 16.3 Å². The van der Waals surface area contributed by atoms with Crippen molar-refractivity contribution in [3.05, 3.63) is 0 Å². The van der Waals surface area contributed by atoms with Crippen LogP contribution in [0.1, 0.15) is 33.6 Å². The topological polar surface area (TPSA) is 55.4 Å². The summed E-state index contributed by atoms with van der Waals surface area (Å²) < 4.78 is 4.88. The highest BCUT2D eigenvalue weighted by Crippen LogP contribution is 2.02. The van der Waals surface area contributed by atoms with Crippen LogP contribution >= 0.6 is 24.0 Å². The summed E-state index contributed by atoms with van der Waals surface area (Å²) in [4.78, 5) is 22.3. The summed E-state index contributed by atoms with van der Waals surface area (Å²) in [5, 5.41) is 2.35. The van der Waals surface area contributed by atoms with E-state index >= 15 is 0 Å². The predicted octanol–water partition coefficient (Wildman–Crippen LogP) is 1.88. The molecule has 0 bridgehead atoms. The highest BCUT2D eigenvalue weighted by atomic mass is 35.5. The summed E-state index contributed by atoms with van der Waals surface area (Å²) in [6.07, 6.45) is 1.47. The average molecular weight is 272 g/mol. The molecule has 2 unspecified atom stereocenters. The van der Waals surface area contributed by atoms with Gasteiger partial charge in [-0.25, -0.2) is 0 Å². The SMILES string of the molecule is CCCC(NC(C)C(=O)Cl)C(=O)OCC.Cl. The molecule has 0 aromatic heterocycles. The van der Waals surface area contributed by atoms with Crippen LogP contribution in [0.4, 0.5) is 0 Å². The zero-order chi connectivity index (χ0) is 11.8. The molecule has 16 heavy (non-hydrogen) atoms. The van der Waals surface area contributed by atoms with Gasteiger partial charge in [0, 0.05) is 0 Å². The molecule has 0 saturated carbocycles. The normalized spacial score (nSPS) is 13.5. The first-order valence-corrected chi connectivity index (χ1v) is 5.52. The zero-order valence-electron chi connectivity index (χ0n) is 9.79. The van der Waals surface area contributed by atoms with Gasteiger partial charge in [0.1, 0.15) is 6.04 Å². The predicted molar refractivity (Wildman–Crippen MR) is 66.0 cm³/mol. The molecular formula is C10H19Cl2NO3. The second kappa shape index (κ2) is 9.87. The Morgan fingerprint density at radius 2 is 1.94 bits per heavy atom. The van der Waals surface area contributed by atoms with Crippen molar-refractivity contribution >= 4 is 35.2 Å². The molecule has 0 heterocycles. The Balaban J connectivity index is 0. The van der Waals surface area contributed by atoms with Crippen molar-refractivity contribution in [2.45, 2.75) is 45.7 Å². The highest BCUT2D eigenvalue weighted by Gasteiger charge is 2.22. The molecule has 0 radical (unpaired) electrons. The molecule has 6 heteroatoms. The Bertz CT molecular complexity index is 224. The Kier molecular flexibility index (Phi) is 11.1. The quantitative estimate of drug-likeness (QED) is 0.568. The van der Waals surface area contributed by atoms with Crippen LogP contribution in [0.25, 0.3) is 0 Å². The summed E-state index contributed by atoms with van der Waals surface area (Å²) in [5.74, 6) is -0.330. The minimum Gasteiger partial charge on any atom is -0.465 e. The number of hydrogen-bond donors (Lipinski definition) is 1. The Hall–Kier alpha value is -0.320. The number of halogens is 2. The molecule has 0 spiro atoms. The van der Waals surface area contributed by atoms with E-state index < -0.39 is 17.3 Å². The van der Waals surface area contributed by atoms with Gasteiger partial charge >= 0.3 is 5.97 Å². The average Bonchev–Trinajstić information content (AvgIpc) is 2.17. The lowest BCUT2D eigenvalue weighted by Crippen LogP contribution is -2.45. The van der Waals surface area contributed by atoms with Crippen molar-refractivity contribution in [1.29, 1.82) is 0 Å². The van der Waals surface area contributed by atoms with E-state index in [9.17, 15) is 9.59 Å². The Labute approximate surface area is 107 Å². The zero-order valence-corrected chi connectivity index (χ0v) is 11.4. The number of rotatable bonds is 7. The molecule has 0 aliphatic carbocycles. The van der Waals surface area contributed by atoms with Gasteiger partial charge in [0.15, 0.2) is 0 Å². The second-order valence-corrected chi connectivity index (χ2v) is 3.66. The van der Waals surface area contributed by atoms with Gasteiger partial charge in [-0.1, -0.05) is 13.3 Å². The first-order valence-electron chi connectivity index (χ1n) is 5.14. The maximum atomic E-state index is 11.5. The van der Waals surface area contributed by atoms with Crippen LogP contribution in [-0.2, 0) is 14.3 Å². The lowest BCUT2D eigenvalue weighted by Gasteiger charge is -2.19. The molecule has 1 N–H and O–H groups in total. The summed E-state index contributed by atoms with van der Waals surface area (Å²) in [6, 6.07) is -0.986. The minimum absolute atomic E-state index is 0. The molecule has 0 aromatic rings. The number of carbonyl (C=O) groups is 2. The Morgan fingerprint density at radius 1 is 1.38 bits per heavy atom. The molecule has 0 aliphatic heterocycles. The molecule has 0 aliphatic rings. The van der Waals surface area contributed by atoms with Crippen LogP contribution in [0.2, 0.25) is 0 Å². The summed E-state index contributed by atoms with van der Waals surface area (Å²) in [6.45, 7) is 5.67. The summed E-state index contributed by atoms with van der Waals surface area (Å²) in [7, 11) is 0. The molecule has 0 saturated heterocycles. The molecule has 0 fully saturated rings. The third-order valence-electron chi connectivity index (χ3n) is 1.94. The van der Waals surface area contributed by atoms with Gasteiger partial charge in [0.05, 0.1) is 12.6 Å². The maximum Gasteiger partial charge on any atom is 0.323 e. The first-order chi connectivity index (χ1) is 7.02. The number of hydrogen-bond acceptors (Lipinski definition) is 4. The molecule has 0 amide bonds. The standard InChI is InChI=1S/C10H18ClNO3.ClH/c1-4-6-8(10(14)15-5-2)12-7(3)9(11)13;/h7-8,12H,4-6H2,1-3H3;1H. The van der Waals surface area contributed by atoms with E-state index in [-0.39, 0.29) is 18.4 Å². The molecule has 2 atom stereocenters. The van der Waals surface area contributed by atoms with Crippen LogP contribution < -0.4 is 5.32 Å². The summed E-state index contributed by atoms with van der Waals surface area (Å²) >= 11 is 5.30. The lowest BCUT2D eigenvalue weighted by molar-refractivity contribution is -0.146. The molecule has 96 valence electrons. The monoisotopic (exact) mass is 271 g/mol.